The van der Waals surface area contributed by atoms with Gasteiger partial charge in [0.05, 0.1) is 5.25 Å². The van der Waals surface area contributed by atoms with E-state index in [9.17, 15) is 4.79 Å². The van der Waals surface area contributed by atoms with Gasteiger partial charge < -0.3 is 9.47 Å². The molecular formula is C21H24N4OS. The van der Waals surface area contributed by atoms with Gasteiger partial charge in [-0.2, -0.15) is 0 Å². The lowest BCUT2D eigenvalue weighted by Crippen LogP contribution is -2.32. The van der Waals surface area contributed by atoms with Crippen molar-refractivity contribution in [1.82, 2.24) is 19.7 Å². The van der Waals surface area contributed by atoms with Crippen LogP contribution >= 0.6 is 11.8 Å². The van der Waals surface area contributed by atoms with Crippen molar-refractivity contribution in [3.63, 3.8) is 0 Å². The Morgan fingerprint density at radius 2 is 1.89 bits per heavy atom. The van der Waals surface area contributed by atoms with Crippen molar-refractivity contribution < 1.29 is 4.79 Å². The summed E-state index contributed by atoms with van der Waals surface area (Å²) in [6.45, 7) is 4.56. The van der Waals surface area contributed by atoms with Crippen LogP contribution < -0.4 is 0 Å². The molecular weight excluding hydrogens is 356 g/mol. The average Bonchev–Trinajstić information content (AvgIpc) is 3.02. The molecule has 140 valence electrons. The third-order valence-electron chi connectivity index (χ3n) is 4.38. The Morgan fingerprint density at radius 3 is 2.59 bits per heavy atom. The Balaban J connectivity index is 1.69. The second kappa shape index (κ2) is 8.39. The molecule has 0 aliphatic carbocycles. The largest absolute Gasteiger partial charge is 0.340 e. The fraction of sp³-hybridized carbons (Fsp3) is 0.286. The summed E-state index contributed by atoms with van der Waals surface area (Å²) in [4.78, 5) is 14.5. The zero-order chi connectivity index (χ0) is 19.4. The van der Waals surface area contributed by atoms with Crippen LogP contribution in [0.2, 0.25) is 0 Å². The van der Waals surface area contributed by atoms with E-state index >= 15 is 0 Å². The van der Waals surface area contributed by atoms with Crippen LogP contribution in [-0.2, 0) is 18.4 Å². The Kier molecular flexibility index (Phi) is 5.96. The third-order valence-corrected chi connectivity index (χ3v) is 5.50. The zero-order valence-electron chi connectivity index (χ0n) is 16.1. The summed E-state index contributed by atoms with van der Waals surface area (Å²) >= 11 is 1.44. The van der Waals surface area contributed by atoms with Crippen molar-refractivity contribution in [2.45, 2.75) is 30.8 Å². The minimum atomic E-state index is -0.244. The van der Waals surface area contributed by atoms with E-state index in [4.69, 9.17) is 0 Å². The van der Waals surface area contributed by atoms with Gasteiger partial charge in [-0.15, -0.1) is 10.2 Å². The molecule has 0 spiro atoms. The van der Waals surface area contributed by atoms with Gasteiger partial charge in [0.15, 0.2) is 11.0 Å². The number of carbonyl (C=O) groups excluding carboxylic acids is 1. The monoisotopic (exact) mass is 380 g/mol. The number of nitrogens with zero attached hydrogens (tertiary/aromatic N) is 4. The van der Waals surface area contributed by atoms with E-state index in [-0.39, 0.29) is 11.2 Å². The molecule has 0 saturated heterocycles. The molecule has 0 radical (unpaired) electrons. The number of hydrogen-bond acceptors (Lipinski definition) is 4. The SMILES string of the molecule is Cc1cccc(-c2nnc(SC(C)C(=O)N(C)Cc3ccccc3)n2C)c1. The van der Waals surface area contributed by atoms with Crippen LogP contribution in [0.4, 0.5) is 0 Å². The second-order valence-electron chi connectivity index (χ2n) is 6.67. The fourth-order valence-electron chi connectivity index (χ4n) is 2.91. The molecule has 0 saturated carbocycles. The van der Waals surface area contributed by atoms with E-state index in [1.54, 1.807) is 4.90 Å². The molecule has 1 amide bonds. The molecule has 1 atom stereocenters. The number of rotatable bonds is 6. The van der Waals surface area contributed by atoms with Crippen LogP contribution in [0, 0.1) is 6.92 Å². The summed E-state index contributed by atoms with van der Waals surface area (Å²) in [5.74, 6) is 0.877. The lowest BCUT2D eigenvalue weighted by Gasteiger charge is -2.21. The van der Waals surface area contributed by atoms with Crippen molar-refractivity contribution in [1.29, 1.82) is 0 Å². The molecule has 1 heterocycles. The topological polar surface area (TPSA) is 51.0 Å². The lowest BCUT2D eigenvalue weighted by molar-refractivity contribution is -0.129. The fourth-order valence-corrected chi connectivity index (χ4v) is 3.84. The van der Waals surface area contributed by atoms with Crippen molar-refractivity contribution in [3.05, 3.63) is 65.7 Å². The molecule has 3 aromatic rings. The summed E-state index contributed by atoms with van der Waals surface area (Å²) in [6, 6.07) is 18.2. The first-order chi connectivity index (χ1) is 13.0. The molecule has 1 aromatic heterocycles. The van der Waals surface area contributed by atoms with E-state index in [2.05, 4.69) is 29.3 Å². The highest BCUT2D eigenvalue weighted by molar-refractivity contribution is 8.00. The minimum Gasteiger partial charge on any atom is -0.340 e. The van der Waals surface area contributed by atoms with Crippen LogP contribution in [0.1, 0.15) is 18.1 Å². The molecule has 0 bridgehead atoms. The molecule has 27 heavy (non-hydrogen) atoms. The summed E-state index contributed by atoms with van der Waals surface area (Å²) < 4.78 is 1.94. The minimum absolute atomic E-state index is 0.0731. The van der Waals surface area contributed by atoms with Gasteiger partial charge in [-0.25, -0.2) is 0 Å². The highest BCUT2D eigenvalue weighted by Crippen LogP contribution is 2.27. The molecule has 1 unspecified atom stereocenters. The lowest BCUT2D eigenvalue weighted by atomic mass is 10.1. The van der Waals surface area contributed by atoms with Crippen LogP contribution in [0.15, 0.2) is 59.8 Å². The van der Waals surface area contributed by atoms with E-state index in [0.29, 0.717) is 6.54 Å². The second-order valence-corrected chi connectivity index (χ2v) is 7.98. The average molecular weight is 381 g/mol. The first-order valence-corrected chi connectivity index (χ1v) is 9.75. The van der Waals surface area contributed by atoms with Gasteiger partial charge in [0.1, 0.15) is 0 Å². The summed E-state index contributed by atoms with van der Waals surface area (Å²) in [5, 5.41) is 9.10. The van der Waals surface area contributed by atoms with E-state index in [0.717, 1.165) is 22.1 Å². The number of aromatic nitrogens is 3. The molecule has 2 aromatic carbocycles. The van der Waals surface area contributed by atoms with Gasteiger partial charge in [0.25, 0.3) is 0 Å². The van der Waals surface area contributed by atoms with E-state index in [1.165, 1.54) is 17.3 Å². The standard InChI is InChI=1S/C21H24N4OS/c1-15-9-8-12-18(13-15)19-22-23-21(25(19)4)27-16(2)20(26)24(3)14-17-10-6-5-7-11-17/h5-13,16H,14H2,1-4H3. The molecule has 5 nitrogen and oxygen atoms in total. The predicted molar refractivity (Wildman–Crippen MR) is 109 cm³/mol. The van der Waals surface area contributed by atoms with Crippen molar-refractivity contribution >= 4 is 17.7 Å². The summed E-state index contributed by atoms with van der Waals surface area (Å²) in [7, 11) is 3.77. The van der Waals surface area contributed by atoms with Crippen LogP contribution in [0.3, 0.4) is 0 Å². The number of carbonyl (C=O) groups is 1. The summed E-state index contributed by atoms with van der Waals surface area (Å²) in [5.41, 5.74) is 3.32. The Bertz CT molecular complexity index is 923. The number of benzene rings is 2. The number of amides is 1. The maximum absolute atomic E-state index is 12.7. The quantitative estimate of drug-likeness (QED) is 0.608. The Hall–Kier alpha value is -2.60. The van der Waals surface area contributed by atoms with Gasteiger partial charge in [0.2, 0.25) is 5.91 Å². The van der Waals surface area contributed by atoms with Crippen molar-refractivity contribution in [3.8, 4) is 11.4 Å². The van der Waals surface area contributed by atoms with Crippen LogP contribution in [-0.4, -0.2) is 37.9 Å². The third kappa shape index (κ3) is 4.57. The van der Waals surface area contributed by atoms with E-state index < -0.39 is 0 Å². The normalized spacial score (nSPS) is 12.0. The molecule has 0 aliphatic heterocycles. The Labute approximate surface area is 164 Å². The first-order valence-electron chi connectivity index (χ1n) is 8.87. The molecule has 6 heteroatoms. The number of hydrogen-bond donors (Lipinski definition) is 0. The molecule has 0 fully saturated rings. The van der Waals surface area contributed by atoms with Gasteiger partial charge in [-0.1, -0.05) is 65.9 Å². The van der Waals surface area contributed by atoms with Gasteiger partial charge in [0, 0.05) is 26.2 Å². The van der Waals surface area contributed by atoms with Crippen LogP contribution in [0.25, 0.3) is 11.4 Å². The molecule has 0 N–H and O–H groups in total. The summed E-state index contributed by atoms with van der Waals surface area (Å²) in [6.07, 6.45) is 0. The predicted octanol–water partition coefficient (Wildman–Crippen LogP) is 3.93. The molecule has 3 rings (SSSR count). The van der Waals surface area contributed by atoms with Gasteiger partial charge in [-0.3, -0.25) is 4.79 Å². The Morgan fingerprint density at radius 1 is 1.15 bits per heavy atom. The van der Waals surface area contributed by atoms with Crippen molar-refractivity contribution in [2.75, 3.05) is 7.05 Å². The zero-order valence-corrected chi connectivity index (χ0v) is 16.9. The maximum atomic E-state index is 12.7. The molecule has 0 aliphatic rings. The highest BCUT2D eigenvalue weighted by atomic mass is 32.2. The first kappa shape index (κ1) is 19.2. The number of thioether (sulfide) groups is 1. The van der Waals surface area contributed by atoms with Gasteiger partial charge >= 0.3 is 0 Å². The van der Waals surface area contributed by atoms with Crippen molar-refractivity contribution in [2.24, 2.45) is 7.05 Å². The van der Waals surface area contributed by atoms with E-state index in [1.807, 2.05) is 68.1 Å². The number of aryl methyl sites for hydroxylation is 1. The maximum Gasteiger partial charge on any atom is 0.235 e. The smallest absolute Gasteiger partial charge is 0.235 e. The van der Waals surface area contributed by atoms with Crippen LogP contribution in [0.5, 0.6) is 0 Å². The van der Waals surface area contributed by atoms with Gasteiger partial charge in [-0.05, 0) is 25.5 Å². The highest BCUT2D eigenvalue weighted by Gasteiger charge is 2.22.